The van der Waals surface area contributed by atoms with Crippen LogP contribution in [0.3, 0.4) is 0 Å². The van der Waals surface area contributed by atoms with Crippen LogP contribution in [0.5, 0.6) is 0 Å². The highest BCUT2D eigenvalue weighted by atomic mass is 19.4. The number of alkyl halides is 6. The minimum absolute atomic E-state index is 0.114. The lowest BCUT2D eigenvalue weighted by Crippen LogP contribution is -2.51. The van der Waals surface area contributed by atoms with Crippen LogP contribution in [0, 0.1) is 11.8 Å². The molecule has 2 nitrogen and oxygen atoms in total. The van der Waals surface area contributed by atoms with Gasteiger partial charge in [-0.2, -0.15) is 26.3 Å². The van der Waals surface area contributed by atoms with Crippen molar-refractivity contribution in [3.05, 3.63) is 11.1 Å². The van der Waals surface area contributed by atoms with Crippen molar-refractivity contribution >= 4 is 0 Å². The molecule has 4 atom stereocenters. The Bertz CT molecular complexity index is 430. The van der Waals surface area contributed by atoms with Crippen LogP contribution in [0.1, 0.15) is 33.1 Å². The van der Waals surface area contributed by atoms with Crippen molar-refractivity contribution in [2.45, 2.75) is 56.7 Å². The highest BCUT2D eigenvalue weighted by Gasteiger charge is 2.64. The topological polar surface area (TPSA) is 40.5 Å². The molecule has 0 aromatic carbocycles. The molecule has 0 saturated heterocycles. The van der Waals surface area contributed by atoms with Crippen LogP contribution >= 0.6 is 0 Å². The maximum absolute atomic E-state index is 13.0. The fraction of sp³-hybridized carbons (Fsp3) is 0.846. The molecule has 21 heavy (non-hydrogen) atoms. The third-order valence-electron chi connectivity index (χ3n) is 4.69. The first-order valence-electron chi connectivity index (χ1n) is 6.54. The molecule has 0 amide bonds. The maximum Gasteiger partial charge on any atom is 0.420 e. The Labute approximate surface area is 117 Å². The van der Waals surface area contributed by atoms with Crippen molar-refractivity contribution in [2.75, 3.05) is 0 Å². The van der Waals surface area contributed by atoms with Gasteiger partial charge in [-0.15, -0.1) is 0 Å². The van der Waals surface area contributed by atoms with Crippen molar-refractivity contribution in [2.24, 2.45) is 11.8 Å². The van der Waals surface area contributed by atoms with E-state index < -0.39 is 46.5 Å². The normalized spacial score (nSPS) is 32.3. The van der Waals surface area contributed by atoms with Crippen LogP contribution in [0.2, 0.25) is 0 Å². The van der Waals surface area contributed by atoms with Crippen LogP contribution < -0.4 is 0 Å². The molecule has 4 unspecified atom stereocenters. The Balaban J connectivity index is 2.64. The summed E-state index contributed by atoms with van der Waals surface area (Å²) in [6.07, 6.45) is -9.49. The van der Waals surface area contributed by atoms with Gasteiger partial charge in [0.25, 0.3) is 0 Å². The van der Waals surface area contributed by atoms with Gasteiger partial charge in [-0.05, 0) is 56.1 Å². The minimum atomic E-state index is -5.10. The summed E-state index contributed by atoms with van der Waals surface area (Å²) in [7, 11) is 0. The SMILES string of the molecule is CC(O)(C1=C(C(C)(O)C(F)(F)F)C2CCC1C2)C(F)(F)F. The van der Waals surface area contributed by atoms with Gasteiger partial charge in [-0.25, -0.2) is 0 Å². The first-order valence-corrected chi connectivity index (χ1v) is 6.54. The van der Waals surface area contributed by atoms with E-state index in [1.165, 1.54) is 0 Å². The standard InChI is InChI=1S/C13H16F6O2/c1-10(20,12(14,15)16)8-6-3-4-7(5-6)9(8)11(2,21)13(17,18)19/h6-7,20-21H,3-5H2,1-2H3. The summed E-state index contributed by atoms with van der Waals surface area (Å²) in [5.74, 6) is -1.54. The van der Waals surface area contributed by atoms with Crippen molar-refractivity contribution in [1.29, 1.82) is 0 Å². The van der Waals surface area contributed by atoms with Crippen LogP contribution in [0.4, 0.5) is 26.3 Å². The van der Waals surface area contributed by atoms with E-state index in [0.29, 0.717) is 26.7 Å². The molecule has 1 saturated carbocycles. The zero-order valence-electron chi connectivity index (χ0n) is 11.4. The van der Waals surface area contributed by atoms with Crippen LogP contribution in [-0.4, -0.2) is 33.8 Å². The largest absolute Gasteiger partial charge is 0.420 e. The van der Waals surface area contributed by atoms with Gasteiger partial charge in [0.15, 0.2) is 11.2 Å². The summed E-state index contributed by atoms with van der Waals surface area (Å²) in [6.45, 7) is 0.908. The van der Waals surface area contributed by atoms with Gasteiger partial charge in [0, 0.05) is 0 Å². The molecule has 0 aromatic rings. The van der Waals surface area contributed by atoms with E-state index in [4.69, 9.17) is 0 Å². The smallest absolute Gasteiger partial charge is 0.377 e. The van der Waals surface area contributed by atoms with E-state index >= 15 is 0 Å². The van der Waals surface area contributed by atoms with Crippen molar-refractivity contribution in [3.8, 4) is 0 Å². The molecule has 0 aliphatic heterocycles. The molecule has 2 N–H and O–H groups in total. The van der Waals surface area contributed by atoms with Gasteiger partial charge in [-0.3, -0.25) is 0 Å². The van der Waals surface area contributed by atoms with Gasteiger partial charge in [0.2, 0.25) is 0 Å². The summed E-state index contributed by atoms with van der Waals surface area (Å²) in [5, 5.41) is 19.6. The molecular weight excluding hydrogens is 302 g/mol. The van der Waals surface area contributed by atoms with Crippen LogP contribution in [0.15, 0.2) is 11.1 Å². The second-order valence-electron chi connectivity index (χ2n) is 6.17. The number of aliphatic hydroxyl groups is 2. The summed E-state index contributed by atoms with van der Waals surface area (Å²) < 4.78 is 78.1. The number of rotatable bonds is 2. The Morgan fingerprint density at radius 1 is 0.762 bits per heavy atom. The minimum Gasteiger partial charge on any atom is -0.377 e. The molecular formula is C13H16F6O2. The van der Waals surface area contributed by atoms with E-state index in [9.17, 15) is 36.6 Å². The fourth-order valence-corrected chi connectivity index (χ4v) is 3.57. The Kier molecular flexibility index (Phi) is 3.46. The maximum atomic E-state index is 13.0. The van der Waals surface area contributed by atoms with Gasteiger partial charge in [-0.1, -0.05) is 0 Å². The quantitative estimate of drug-likeness (QED) is 0.605. The molecule has 1 fully saturated rings. The summed E-state index contributed by atoms with van der Waals surface area (Å²) in [6, 6.07) is 0. The first kappa shape index (κ1) is 16.6. The summed E-state index contributed by atoms with van der Waals surface area (Å²) in [5.41, 5.74) is -8.13. The number of hydrogen-bond donors (Lipinski definition) is 2. The third kappa shape index (κ3) is 2.27. The predicted octanol–water partition coefficient (Wildman–Crippen LogP) is 3.34. The molecule has 8 heteroatoms. The van der Waals surface area contributed by atoms with Gasteiger partial charge in [0.1, 0.15) is 0 Å². The average Bonchev–Trinajstić information content (AvgIpc) is 2.84. The predicted molar refractivity (Wildman–Crippen MR) is 61.2 cm³/mol. The van der Waals surface area contributed by atoms with Crippen molar-refractivity contribution in [3.63, 3.8) is 0 Å². The molecule has 122 valence electrons. The average molecular weight is 318 g/mol. The molecule has 0 heterocycles. The number of halogens is 6. The molecule has 2 aliphatic rings. The lowest BCUT2D eigenvalue weighted by Gasteiger charge is -2.39. The van der Waals surface area contributed by atoms with Crippen molar-refractivity contribution < 1.29 is 36.6 Å². The van der Waals surface area contributed by atoms with E-state index in [1.54, 1.807) is 0 Å². The fourth-order valence-electron chi connectivity index (χ4n) is 3.57. The highest BCUT2D eigenvalue weighted by Crippen LogP contribution is 2.59. The van der Waals surface area contributed by atoms with Gasteiger partial charge < -0.3 is 10.2 Å². The van der Waals surface area contributed by atoms with Crippen LogP contribution in [0.25, 0.3) is 0 Å². The Hall–Kier alpha value is -0.760. The van der Waals surface area contributed by atoms with Crippen LogP contribution in [-0.2, 0) is 0 Å². The van der Waals surface area contributed by atoms with E-state index in [2.05, 4.69) is 0 Å². The molecule has 0 aromatic heterocycles. The molecule has 0 radical (unpaired) electrons. The second kappa shape index (κ2) is 4.38. The molecule has 2 rings (SSSR count). The monoisotopic (exact) mass is 318 g/mol. The lowest BCUT2D eigenvalue weighted by atomic mass is 9.75. The van der Waals surface area contributed by atoms with E-state index in [-0.39, 0.29) is 6.42 Å². The zero-order chi connectivity index (χ0) is 16.4. The van der Waals surface area contributed by atoms with E-state index in [0.717, 1.165) is 0 Å². The number of fused-ring (bicyclic) bond motifs is 2. The van der Waals surface area contributed by atoms with Crippen molar-refractivity contribution in [1.82, 2.24) is 0 Å². The molecule has 0 spiro atoms. The first-order chi connectivity index (χ1) is 9.21. The summed E-state index contributed by atoms with van der Waals surface area (Å²) in [4.78, 5) is 0. The lowest BCUT2D eigenvalue weighted by molar-refractivity contribution is -0.248. The molecule has 2 bridgehead atoms. The highest BCUT2D eigenvalue weighted by molar-refractivity contribution is 5.42. The Morgan fingerprint density at radius 2 is 1.05 bits per heavy atom. The molecule has 2 aliphatic carbocycles. The zero-order valence-corrected chi connectivity index (χ0v) is 11.4. The van der Waals surface area contributed by atoms with Gasteiger partial charge in [0.05, 0.1) is 0 Å². The Morgan fingerprint density at radius 3 is 1.29 bits per heavy atom. The third-order valence-corrected chi connectivity index (χ3v) is 4.69. The number of hydrogen-bond acceptors (Lipinski definition) is 2. The van der Waals surface area contributed by atoms with E-state index in [1.807, 2.05) is 0 Å². The summed E-state index contributed by atoms with van der Waals surface area (Å²) >= 11 is 0. The second-order valence-corrected chi connectivity index (χ2v) is 6.17. The van der Waals surface area contributed by atoms with Gasteiger partial charge >= 0.3 is 12.4 Å².